The van der Waals surface area contributed by atoms with Gasteiger partial charge in [-0.2, -0.15) is 18.4 Å². The zero-order chi connectivity index (χ0) is 25.6. The first-order valence-corrected chi connectivity index (χ1v) is 12.6. The molecule has 0 spiro atoms. The van der Waals surface area contributed by atoms with Gasteiger partial charge in [-0.1, -0.05) is 25.5 Å². The highest BCUT2D eigenvalue weighted by atomic mass is 32.2. The highest BCUT2D eigenvalue weighted by Crippen LogP contribution is 2.35. The first-order valence-electron chi connectivity index (χ1n) is 10.8. The van der Waals surface area contributed by atoms with Crippen LogP contribution >= 0.6 is 23.1 Å². The molecule has 0 fully saturated rings. The van der Waals surface area contributed by atoms with Crippen LogP contribution in [0.2, 0.25) is 0 Å². The average molecular weight is 517 g/mol. The van der Waals surface area contributed by atoms with Gasteiger partial charge in [-0.05, 0) is 60.9 Å². The minimum atomic E-state index is -4.61. The van der Waals surface area contributed by atoms with Gasteiger partial charge in [0.05, 0.1) is 17.6 Å². The monoisotopic (exact) mass is 516 g/mol. The lowest BCUT2D eigenvalue weighted by atomic mass is 10.1. The fourth-order valence-corrected chi connectivity index (χ4v) is 5.40. The number of allylic oxidation sites excluding steroid dienone is 1. The fourth-order valence-electron chi connectivity index (χ4n) is 3.34. The molecule has 0 aliphatic heterocycles. The molecule has 0 N–H and O–H groups in total. The number of aryl methyl sites for hydroxylation is 2. The topological polar surface area (TPSA) is 63.0 Å². The second kappa shape index (κ2) is 11.6. The molecule has 0 saturated heterocycles. The SMILES string of the molecule is CCCc1ccc(C(=O)/C=C/c2ccc(OC)c(CSc3nc(C(F)(F)F)cc(C)c3C#N)c2)s1. The number of hydrogen-bond acceptors (Lipinski definition) is 6. The van der Waals surface area contributed by atoms with Gasteiger partial charge in [-0.15, -0.1) is 23.1 Å². The lowest BCUT2D eigenvalue weighted by Gasteiger charge is -2.13. The van der Waals surface area contributed by atoms with E-state index in [1.165, 1.54) is 36.3 Å². The van der Waals surface area contributed by atoms with Gasteiger partial charge in [0, 0.05) is 16.2 Å². The van der Waals surface area contributed by atoms with Crippen LogP contribution in [0.1, 0.15) is 55.8 Å². The number of halogens is 3. The summed E-state index contributed by atoms with van der Waals surface area (Å²) in [7, 11) is 1.50. The Morgan fingerprint density at radius 3 is 2.69 bits per heavy atom. The number of benzene rings is 1. The Kier molecular flexibility index (Phi) is 8.76. The number of nitrogens with zero attached hydrogens (tertiary/aromatic N) is 2. The molecule has 2 aromatic heterocycles. The van der Waals surface area contributed by atoms with Gasteiger partial charge in [-0.3, -0.25) is 4.79 Å². The molecule has 3 rings (SSSR count). The number of hydrogen-bond donors (Lipinski definition) is 0. The minimum Gasteiger partial charge on any atom is -0.496 e. The minimum absolute atomic E-state index is 0.0126. The zero-order valence-electron chi connectivity index (χ0n) is 19.4. The van der Waals surface area contributed by atoms with Crippen LogP contribution in [-0.2, 0) is 18.3 Å². The van der Waals surface area contributed by atoms with E-state index in [2.05, 4.69) is 11.9 Å². The van der Waals surface area contributed by atoms with E-state index in [0.717, 1.165) is 36.2 Å². The summed E-state index contributed by atoms with van der Waals surface area (Å²) in [5, 5.41) is 9.45. The van der Waals surface area contributed by atoms with Crippen LogP contribution in [0, 0.1) is 18.3 Å². The van der Waals surface area contributed by atoms with Crippen molar-refractivity contribution in [2.45, 2.75) is 43.6 Å². The molecule has 0 atom stereocenters. The lowest BCUT2D eigenvalue weighted by molar-refractivity contribution is -0.141. The number of pyridine rings is 1. The van der Waals surface area contributed by atoms with E-state index in [1.54, 1.807) is 24.3 Å². The van der Waals surface area contributed by atoms with Crippen LogP contribution in [0.5, 0.6) is 5.75 Å². The maximum absolute atomic E-state index is 13.2. The number of ether oxygens (including phenoxy) is 1. The number of thioether (sulfide) groups is 1. The highest BCUT2D eigenvalue weighted by Gasteiger charge is 2.34. The number of aromatic nitrogens is 1. The third-order valence-corrected chi connectivity index (χ3v) is 7.27. The quantitative estimate of drug-likeness (QED) is 0.167. The summed E-state index contributed by atoms with van der Waals surface area (Å²) in [4.78, 5) is 18.1. The standard InChI is InChI=1S/C26H23F3N2O2S2/c1-4-5-19-8-11-23(35-19)21(32)9-6-17-7-10-22(33-3)18(13-17)15-34-25-20(14-30)16(2)12-24(31-25)26(27,28)29/h6-13H,4-5,15H2,1-3H3/b9-6+. The number of nitriles is 1. The normalized spacial score (nSPS) is 11.6. The summed E-state index contributed by atoms with van der Waals surface area (Å²) in [5.74, 6) is 0.684. The predicted molar refractivity (Wildman–Crippen MR) is 133 cm³/mol. The van der Waals surface area contributed by atoms with Gasteiger partial charge >= 0.3 is 6.18 Å². The van der Waals surface area contributed by atoms with Crippen LogP contribution in [0.4, 0.5) is 13.2 Å². The Labute approximate surface area is 210 Å². The Morgan fingerprint density at radius 2 is 2.03 bits per heavy atom. The van der Waals surface area contributed by atoms with Gasteiger partial charge in [-0.25, -0.2) is 4.98 Å². The van der Waals surface area contributed by atoms with E-state index < -0.39 is 11.9 Å². The van der Waals surface area contributed by atoms with Crippen molar-refractivity contribution in [1.82, 2.24) is 4.98 Å². The second-order valence-electron chi connectivity index (χ2n) is 7.69. The maximum Gasteiger partial charge on any atom is 0.433 e. The third kappa shape index (κ3) is 6.74. The van der Waals surface area contributed by atoms with Crippen molar-refractivity contribution in [2.24, 2.45) is 0 Å². The van der Waals surface area contributed by atoms with E-state index in [9.17, 15) is 23.2 Å². The van der Waals surface area contributed by atoms with E-state index in [-0.39, 0.29) is 27.7 Å². The Balaban J connectivity index is 1.82. The van der Waals surface area contributed by atoms with Crippen LogP contribution < -0.4 is 4.74 Å². The summed E-state index contributed by atoms with van der Waals surface area (Å²) in [6, 6.07) is 12.0. The van der Waals surface area contributed by atoms with Crippen molar-refractivity contribution >= 4 is 35.0 Å². The highest BCUT2D eigenvalue weighted by molar-refractivity contribution is 7.98. The molecule has 0 amide bonds. The molecule has 2 heterocycles. The summed E-state index contributed by atoms with van der Waals surface area (Å²) in [6.45, 7) is 3.55. The summed E-state index contributed by atoms with van der Waals surface area (Å²) in [6.07, 6.45) is 0.550. The summed E-state index contributed by atoms with van der Waals surface area (Å²) >= 11 is 2.52. The van der Waals surface area contributed by atoms with Crippen molar-refractivity contribution in [1.29, 1.82) is 5.26 Å². The summed E-state index contributed by atoms with van der Waals surface area (Å²) in [5.41, 5.74) is 0.745. The van der Waals surface area contributed by atoms with Gasteiger partial charge in [0.25, 0.3) is 0 Å². The molecule has 0 aliphatic rings. The van der Waals surface area contributed by atoms with Crippen molar-refractivity contribution in [3.63, 3.8) is 0 Å². The molecule has 35 heavy (non-hydrogen) atoms. The molecule has 182 valence electrons. The number of methoxy groups -OCH3 is 1. The fraction of sp³-hybridized carbons (Fsp3) is 0.269. The van der Waals surface area contributed by atoms with E-state index in [1.807, 2.05) is 18.2 Å². The number of carbonyl (C=O) groups is 1. The van der Waals surface area contributed by atoms with Gasteiger partial charge in [0.2, 0.25) is 0 Å². The van der Waals surface area contributed by atoms with Crippen molar-refractivity contribution in [2.75, 3.05) is 7.11 Å². The first-order chi connectivity index (χ1) is 16.7. The second-order valence-corrected chi connectivity index (χ2v) is 9.82. The Bertz CT molecular complexity index is 1290. The molecule has 0 bridgehead atoms. The molecular weight excluding hydrogens is 493 g/mol. The lowest BCUT2D eigenvalue weighted by Crippen LogP contribution is -2.10. The average Bonchev–Trinajstić information content (AvgIpc) is 3.29. The van der Waals surface area contributed by atoms with Crippen molar-refractivity contribution in [3.05, 3.63) is 80.2 Å². The van der Waals surface area contributed by atoms with E-state index >= 15 is 0 Å². The molecule has 0 unspecified atom stereocenters. The molecule has 0 radical (unpaired) electrons. The number of alkyl halides is 3. The van der Waals surface area contributed by atoms with Gasteiger partial charge in [0.1, 0.15) is 22.5 Å². The Hall–Kier alpha value is -3.09. The predicted octanol–water partition coefficient (Wildman–Crippen LogP) is 7.49. The molecule has 0 saturated carbocycles. The molecule has 9 heteroatoms. The van der Waals surface area contributed by atoms with Crippen LogP contribution in [0.15, 0.2) is 47.5 Å². The maximum atomic E-state index is 13.2. The molecule has 3 aromatic rings. The smallest absolute Gasteiger partial charge is 0.433 e. The van der Waals surface area contributed by atoms with Gasteiger partial charge in [0.15, 0.2) is 5.78 Å². The van der Waals surface area contributed by atoms with Crippen molar-refractivity contribution in [3.8, 4) is 11.8 Å². The molecule has 1 aromatic carbocycles. The number of carbonyl (C=O) groups excluding carboxylic acids is 1. The summed E-state index contributed by atoms with van der Waals surface area (Å²) < 4.78 is 45.1. The third-order valence-electron chi connectivity index (χ3n) is 5.08. The van der Waals surface area contributed by atoms with Crippen LogP contribution in [0.25, 0.3) is 6.08 Å². The molecular formula is C26H23F3N2O2S2. The number of ketones is 1. The largest absolute Gasteiger partial charge is 0.496 e. The van der Waals surface area contributed by atoms with Gasteiger partial charge < -0.3 is 4.74 Å². The van der Waals surface area contributed by atoms with E-state index in [4.69, 9.17) is 4.74 Å². The number of thiophene rings is 1. The van der Waals surface area contributed by atoms with E-state index in [0.29, 0.717) is 16.2 Å². The Morgan fingerprint density at radius 1 is 1.26 bits per heavy atom. The molecule has 0 aliphatic carbocycles. The zero-order valence-corrected chi connectivity index (χ0v) is 21.0. The van der Waals surface area contributed by atoms with Crippen LogP contribution in [0.3, 0.4) is 0 Å². The molecule has 4 nitrogen and oxygen atoms in total. The van der Waals surface area contributed by atoms with Crippen LogP contribution in [-0.4, -0.2) is 17.9 Å². The van der Waals surface area contributed by atoms with Crippen molar-refractivity contribution < 1.29 is 22.7 Å². The number of rotatable bonds is 9. The first kappa shape index (κ1) is 26.5.